The van der Waals surface area contributed by atoms with E-state index in [2.05, 4.69) is 11.4 Å². The van der Waals surface area contributed by atoms with E-state index >= 15 is 0 Å². The van der Waals surface area contributed by atoms with Crippen molar-refractivity contribution < 1.29 is 4.79 Å². The van der Waals surface area contributed by atoms with Crippen LogP contribution in [0.5, 0.6) is 0 Å². The lowest BCUT2D eigenvalue weighted by molar-refractivity contribution is 0.249. The highest BCUT2D eigenvalue weighted by Gasteiger charge is 2.21. The molecule has 0 aliphatic carbocycles. The molecule has 2 aromatic carbocycles. The van der Waals surface area contributed by atoms with E-state index < -0.39 is 0 Å². The second-order valence-electron chi connectivity index (χ2n) is 5.22. The summed E-state index contributed by atoms with van der Waals surface area (Å²) in [6.45, 7) is 0.744. The molecule has 0 aromatic heterocycles. The number of anilines is 1. The molecular weight excluding hydrogens is 296 g/mol. The highest BCUT2D eigenvalue weighted by molar-refractivity contribution is 6.30. The van der Waals surface area contributed by atoms with Crippen LogP contribution in [0.25, 0.3) is 6.08 Å². The number of urea groups is 1. The van der Waals surface area contributed by atoms with Crippen molar-refractivity contribution in [3.8, 4) is 0 Å². The van der Waals surface area contributed by atoms with E-state index in [1.54, 1.807) is 11.1 Å². The van der Waals surface area contributed by atoms with Gasteiger partial charge in [-0.25, -0.2) is 4.79 Å². The second kappa shape index (κ2) is 6.67. The molecule has 0 bridgehead atoms. The van der Waals surface area contributed by atoms with Crippen LogP contribution in [0.1, 0.15) is 17.5 Å². The molecule has 0 spiro atoms. The van der Waals surface area contributed by atoms with Gasteiger partial charge in [-0.2, -0.15) is 0 Å². The molecule has 0 fully saturated rings. The topological polar surface area (TPSA) is 32.3 Å². The van der Waals surface area contributed by atoms with E-state index in [1.807, 2.05) is 48.5 Å². The van der Waals surface area contributed by atoms with Crippen LogP contribution in [0.2, 0.25) is 5.02 Å². The molecule has 0 unspecified atom stereocenters. The quantitative estimate of drug-likeness (QED) is 0.871. The minimum absolute atomic E-state index is 0.106. The summed E-state index contributed by atoms with van der Waals surface area (Å²) in [4.78, 5) is 14.1. The highest BCUT2D eigenvalue weighted by Crippen LogP contribution is 2.26. The number of aryl methyl sites for hydroxylation is 1. The molecule has 2 aromatic rings. The van der Waals surface area contributed by atoms with Crippen molar-refractivity contribution in [1.29, 1.82) is 0 Å². The van der Waals surface area contributed by atoms with Crippen LogP contribution in [-0.4, -0.2) is 12.6 Å². The van der Waals surface area contributed by atoms with E-state index in [1.165, 1.54) is 5.56 Å². The maximum Gasteiger partial charge on any atom is 0.325 e. The number of hydrogen-bond donors (Lipinski definition) is 1. The van der Waals surface area contributed by atoms with Crippen molar-refractivity contribution >= 4 is 29.4 Å². The largest absolute Gasteiger partial charge is 0.325 e. The average Bonchev–Trinajstić information content (AvgIpc) is 2.54. The van der Waals surface area contributed by atoms with Gasteiger partial charge in [0, 0.05) is 23.5 Å². The van der Waals surface area contributed by atoms with E-state index in [4.69, 9.17) is 11.6 Å². The normalized spacial score (nSPS) is 14.0. The monoisotopic (exact) mass is 312 g/mol. The summed E-state index contributed by atoms with van der Waals surface area (Å²) in [5.41, 5.74) is 3.18. The predicted molar refractivity (Wildman–Crippen MR) is 91.1 cm³/mol. The number of hydrogen-bond acceptors (Lipinski definition) is 1. The Balaban J connectivity index is 1.68. The molecule has 3 nitrogen and oxygen atoms in total. The number of rotatable bonds is 2. The zero-order chi connectivity index (χ0) is 15.4. The first-order valence-corrected chi connectivity index (χ1v) is 7.70. The van der Waals surface area contributed by atoms with Crippen LogP contribution >= 0.6 is 11.6 Å². The Bertz CT molecular complexity index is 712. The van der Waals surface area contributed by atoms with Crippen molar-refractivity contribution in [1.82, 2.24) is 5.32 Å². The van der Waals surface area contributed by atoms with E-state index in [9.17, 15) is 4.79 Å². The molecule has 1 aliphatic rings. The maximum absolute atomic E-state index is 12.4. The Morgan fingerprint density at radius 1 is 1.18 bits per heavy atom. The first kappa shape index (κ1) is 14.7. The van der Waals surface area contributed by atoms with Gasteiger partial charge in [-0.05, 0) is 48.2 Å². The van der Waals surface area contributed by atoms with Gasteiger partial charge in [-0.3, -0.25) is 4.90 Å². The number of carbonyl (C=O) groups excluding carboxylic acids is 1. The van der Waals surface area contributed by atoms with E-state index in [-0.39, 0.29) is 6.03 Å². The summed E-state index contributed by atoms with van der Waals surface area (Å²) in [6, 6.07) is 15.4. The maximum atomic E-state index is 12.4. The van der Waals surface area contributed by atoms with Crippen LogP contribution in [0.3, 0.4) is 0 Å². The highest BCUT2D eigenvalue weighted by atomic mass is 35.5. The number of carbonyl (C=O) groups is 1. The second-order valence-corrected chi connectivity index (χ2v) is 5.66. The molecule has 2 amide bonds. The Morgan fingerprint density at radius 2 is 2.05 bits per heavy atom. The molecule has 1 heterocycles. The van der Waals surface area contributed by atoms with Gasteiger partial charge in [-0.1, -0.05) is 41.9 Å². The van der Waals surface area contributed by atoms with Gasteiger partial charge >= 0.3 is 6.03 Å². The average molecular weight is 313 g/mol. The third kappa shape index (κ3) is 3.31. The van der Waals surface area contributed by atoms with Gasteiger partial charge < -0.3 is 5.32 Å². The van der Waals surface area contributed by atoms with Gasteiger partial charge in [0.2, 0.25) is 0 Å². The third-order valence-electron chi connectivity index (χ3n) is 3.69. The summed E-state index contributed by atoms with van der Waals surface area (Å²) < 4.78 is 0. The molecular formula is C18H17ClN2O. The van der Waals surface area contributed by atoms with Crippen molar-refractivity contribution in [2.75, 3.05) is 11.4 Å². The van der Waals surface area contributed by atoms with Crippen molar-refractivity contribution in [2.45, 2.75) is 12.8 Å². The lowest BCUT2D eigenvalue weighted by Gasteiger charge is -2.28. The number of nitrogens with one attached hydrogen (secondary N) is 1. The fraction of sp³-hybridized carbons (Fsp3) is 0.167. The Labute approximate surface area is 135 Å². The summed E-state index contributed by atoms with van der Waals surface area (Å²) in [6.07, 6.45) is 5.51. The van der Waals surface area contributed by atoms with Gasteiger partial charge in [0.25, 0.3) is 0 Å². The zero-order valence-corrected chi connectivity index (χ0v) is 12.9. The fourth-order valence-electron chi connectivity index (χ4n) is 2.64. The number of fused-ring (bicyclic) bond motifs is 1. The minimum atomic E-state index is -0.106. The first-order valence-electron chi connectivity index (χ1n) is 7.32. The summed E-state index contributed by atoms with van der Waals surface area (Å²) in [5, 5.41) is 3.50. The lowest BCUT2D eigenvalue weighted by atomic mass is 10.0. The molecule has 0 saturated heterocycles. The molecule has 3 rings (SSSR count). The molecule has 0 saturated carbocycles. The Morgan fingerprint density at radius 3 is 2.91 bits per heavy atom. The van der Waals surface area contributed by atoms with Gasteiger partial charge in [0.1, 0.15) is 0 Å². The summed E-state index contributed by atoms with van der Waals surface area (Å²) >= 11 is 5.93. The van der Waals surface area contributed by atoms with Crippen molar-refractivity contribution in [3.63, 3.8) is 0 Å². The van der Waals surface area contributed by atoms with Gasteiger partial charge in [0.05, 0.1) is 0 Å². The number of benzene rings is 2. The fourth-order valence-corrected chi connectivity index (χ4v) is 2.84. The number of para-hydroxylation sites is 1. The minimum Gasteiger partial charge on any atom is -0.314 e. The van der Waals surface area contributed by atoms with Crippen molar-refractivity contribution in [2.24, 2.45) is 0 Å². The van der Waals surface area contributed by atoms with Gasteiger partial charge in [0.15, 0.2) is 0 Å². The third-order valence-corrected chi connectivity index (χ3v) is 3.92. The molecule has 1 aliphatic heterocycles. The number of halogens is 1. The van der Waals surface area contributed by atoms with Crippen LogP contribution < -0.4 is 10.2 Å². The van der Waals surface area contributed by atoms with Crippen LogP contribution in [-0.2, 0) is 6.42 Å². The summed E-state index contributed by atoms with van der Waals surface area (Å²) in [7, 11) is 0. The van der Waals surface area contributed by atoms with Gasteiger partial charge in [-0.15, -0.1) is 0 Å². The number of amides is 2. The molecule has 0 radical (unpaired) electrons. The lowest BCUT2D eigenvalue weighted by Crippen LogP contribution is -2.40. The number of nitrogens with zero attached hydrogens (tertiary/aromatic N) is 1. The molecule has 1 N–H and O–H groups in total. The van der Waals surface area contributed by atoms with E-state index in [0.29, 0.717) is 5.02 Å². The molecule has 0 atom stereocenters. The molecule has 22 heavy (non-hydrogen) atoms. The van der Waals surface area contributed by atoms with Crippen molar-refractivity contribution in [3.05, 3.63) is 70.9 Å². The van der Waals surface area contributed by atoms with Crippen LogP contribution in [0.4, 0.5) is 10.5 Å². The van der Waals surface area contributed by atoms with Crippen LogP contribution in [0.15, 0.2) is 54.7 Å². The first-order chi connectivity index (χ1) is 10.7. The summed E-state index contributed by atoms with van der Waals surface area (Å²) in [5.74, 6) is 0. The predicted octanol–water partition coefficient (Wildman–Crippen LogP) is 4.47. The smallest absolute Gasteiger partial charge is 0.314 e. The standard InChI is InChI=1S/C18H17ClN2O/c19-16-8-3-5-14(13-16)10-11-20-18(22)21-12-4-7-15-6-1-2-9-17(15)21/h1-3,5-6,8-11,13H,4,7,12H2,(H,20,22)/b11-10+. The molecule has 112 valence electrons. The van der Waals surface area contributed by atoms with E-state index in [0.717, 1.165) is 30.6 Å². The molecule has 4 heteroatoms. The van der Waals surface area contributed by atoms with Crippen LogP contribution in [0, 0.1) is 0 Å². The zero-order valence-electron chi connectivity index (χ0n) is 12.1. The Kier molecular flexibility index (Phi) is 4.45. The SMILES string of the molecule is O=C(N/C=C/c1cccc(Cl)c1)N1CCCc2ccccc21. The Hall–Kier alpha value is -2.26.